The third kappa shape index (κ3) is 5.03. The van der Waals surface area contributed by atoms with Crippen molar-refractivity contribution in [1.82, 2.24) is 5.32 Å². The summed E-state index contributed by atoms with van der Waals surface area (Å²) in [5.74, 6) is -0.532. The molecule has 21 heavy (non-hydrogen) atoms. The first-order chi connectivity index (χ1) is 9.85. The summed E-state index contributed by atoms with van der Waals surface area (Å²) >= 11 is 0. The van der Waals surface area contributed by atoms with Crippen LogP contribution in [0.1, 0.15) is 26.3 Å². The van der Waals surface area contributed by atoms with E-state index in [0.717, 1.165) is 5.56 Å². The molecule has 0 fully saturated rings. The highest BCUT2D eigenvalue weighted by Crippen LogP contribution is 2.29. The fourth-order valence-electron chi connectivity index (χ4n) is 1.64. The lowest BCUT2D eigenvalue weighted by atomic mass is 10.1. The molecule has 0 saturated carbocycles. The van der Waals surface area contributed by atoms with Crippen LogP contribution in [0.2, 0.25) is 0 Å². The summed E-state index contributed by atoms with van der Waals surface area (Å²) in [6.07, 6.45) is -0.915. The van der Waals surface area contributed by atoms with E-state index in [1.807, 2.05) is 13.8 Å². The van der Waals surface area contributed by atoms with Crippen LogP contribution < -0.4 is 10.1 Å². The molecule has 0 spiro atoms. The molecule has 1 aromatic carbocycles. The van der Waals surface area contributed by atoms with E-state index in [2.05, 4.69) is 10.1 Å². The molecular weight excluding hydrogens is 276 g/mol. The van der Waals surface area contributed by atoms with E-state index in [1.54, 1.807) is 12.1 Å². The van der Waals surface area contributed by atoms with Crippen molar-refractivity contribution in [2.24, 2.45) is 0 Å². The van der Waals surface area contributed by atoms with Crippen LogP contribution in [-0.2, 0) is 16.1 Å². The molecule has 116 valence electrons. The van der Waals surface area contributed by atoms with Crippen molar-refractivity contribution >= 4 is 11.7 Å². The zero-order valence-electron chi connectivity index (χ0n) is 12.6. The normalized spacial score (nSPS) is 12.0. The Morgan fingerprint density at radius 3 is 2.57 bits per heavy atom. The molecule has 7 nitrogen and oxygen atoms in total. The fourth-order valence-corrected chi connectivity index (χ4v) is 1.64. The van der Waals surface area contributed by atoms with Gasteiger partial charge in [-0.2, -0.15) is 0 Å². The summed E-state index contributed by atoms with van der Waals surface area (Å²) in [7, 11) is 1.24. The average molecular weight is 296 g/mol. The zero-order valence-corrected chi connectivity index (χ0v) is 12.6. The van der Waals surface area contributed by atoms with Crippen molar-refractivity contribution in [3.05, 3.63) is 33.9 Å². The van der Waals surface area contributed by atoms with Gasteiger partial charge in [-0.1, -0.05) is 19.9 Å². The zero-order chi connectivity index (χ0) is 16.0. The van der Waals surface area contributed by atoms with Crippen LogP contribution in [-0.4, -0.2) is 30.1 Å². The lowest BCUT2D eigenvalue weighted by molar-refractivity contribution is -0.386. The van der Waals surface area contributed by atoms with Gasteiger partial charge in [0.15, 0.2) is 11.9 Å². The van der Waals surface area contributed by atoms with Gasteiger partial charge in [0.05, 0.1) is 12.0 Å². The molecule has 0 aliphatic rings. The number of nitro groups is 1. The van der Waals surface area contributed by atoms with Crippen LogP contribution in [0, 0.1) is 10.1 Å². The highest BCUT2D eigenvalue weighted by atomic mass is 16.6. The topological polar surface area (TPSA) is 90.7 Å². The fraction of sp³-hybridized carbons (Fsp3) is 0.500. The average Bonchev–Trinajstić information content (AvgIpc) is 2.43. The molecule has 1 rings (SSSR count). The molecular formula is C14H20N2O5. The molecule has 1 N–H and O–H groups in total. The number of carbonyl (C=O) groups is 1. The van der Waals surface area contributed by atoms with Crippen LogP contribution in [0.5, 0.6) is 5.75 Å². The van der Waals surface area contributed by atoms with Crippen LogP contribution in [0.3, 0.4) is 0 Å². The van der Waals surface area contributed by atoms with Gasteiger partial charge >= 0.3 is 11.7 Å². The Hall–Kier alpha value is -2.15. The molecule has 0 radical (unpaired) electrons. The number of methoxy groups -OCH3 is 1. The highest BCUT2D eigenvalue weighted by Gasteiger charge is 2.22. The summed E-state index contributed by atoms with van der Waals surface area (Å²) in [5.41, 5.74) is 0.653. The Balaban J connectivity index is 2.98. The second kappa shape index (κ2) is 7.58. The summed E-state index contributed by atoms with van der Waals surface area (Å²) in [4.78, 5) is 21.8. The van der Waals surface area contributed by atoms with Crippen LogP contribution in [0.25, 0.3) is 0 Å². The van der Waals surface area contributed by atoms with Gasteiger partial charge in [-0.3, -0.25) is 10.1 Å². The minimum atomic E-state index is -0.915. The largest absolute Gasteiger partial charge is 0.472 e. The summed E-state index contributed by atoms with van der Waals surface area (Å²) in [5, 5.41) is 14.2. The predicted octanol–water partition coefficient (Wildman–Crippen LogP) is 2.03. The Kier molecular flexibility index (Phi) is 6.10. The van der Waals surface area contributed by atoms with Gasteiger partial charge in [0, 0.05) is 18.7 Å². The number of nitrogens with one attached hydrogen (secondary N) is 1. The van der Waals surface area contributed by atoms with E-state index in [1.165, 1.54) is 20.1 Å². The number of rotatable bonds is 7. The minimum absolute atomic E-state index is 0.0564. The van der Waals surface area contributed by atoms with E-state index in [-0.39, 0.29) is 11.4 Å². The second-order valence-electron chi connectivity index (χ2n) is 4.88. The molecule has 0 aliphatic carbocycles. The minimum Gasteiger partial charge on any atom is -0.472 e. The van der Waals surface area contributed by atoms with Crippen LogP contribution in [0.15, 0.2) is 18.2 Å². The molecule has 1 unspecified atom stereocenters. The smallest absolute Gasteiger partial charge is 0.346 e. The van der Waals surface area contributed by atoms with Gasteiger partial charge in [-0.15, -0.1) is 0 Å². The quantitative estimate of drug-likeness (QED) is 0.470. The van der Waals surface area contributed by atoms with Crippen molar-refractivity contribution in [1.29, 1.82) is 0 Å². The molecule has 0 saturated heterocycles. The molecule has 1 atom stereocenters. The van der Waals surface area contributed by atoms with Crippen LogP contribution >= 0.6 is 0 Å². The van der Waals surface area contributed by atoms with Crippen molar-refractivity contribution in [3.8, 4) is 5.75 Å². The van der Waals surface area contributed by atoms with E-state index in [9.17, 15) is 14.9 Å². The summed E-state index contributed by atoms with van der Waals surface area (Å²) in [6, 6.07) is 4.88. The monoisotopic (exact) mass is 296 g/mol. The molecule has 0 aliphatic heterocycles. The van der Waals surface area contributed by atoms with Crippen molar-refractivity contribution in [3.63, 3.8) is 0 Å². The molecule has 0 aromatic heterocycles. The van der Waals surface area contributed by atoms with Crippen LogP contribution in [0.4, 0.5) is 5.69 Å². The molecule has 1 aromatic rings. The van der Waals surface area contributed by atoms with E-state index < -0.39 is 17.0 Å². The maximum atomic E-state index is 11.4. The maximum absolute atomic E-state index is 11.4. The van der Waals surface area contributed by atoms with Gasteiger partial charge in [0.2, 0.25) is 0 Å². The Morgan fingerprint density at radius 2 is 2.05 bits per heavy atom. The summed E-state index contributed by atoms with van der Waals surface area (Å²) < 4.78 is 9.91. The Labute approximate surface area is 123 Å². The Bertz CT molecular complexity index is 516. The van der Waals surface area contributed by atoms with Crippen molar-refractivity contribution in [2.45, 2.75) is 39.5 Å². The van der Waals surface area contributed by atoms with Gasteiger partial charge in [0.1, 0.15) is 0 Å². The van der Waals surface area contributed by atoms with E-state index in [4.69, 9.17) is 4.74 Å². The lowest BCUT2D eigenvalue weighted by Gasteiger charge is -2.14. The predicted molar refractivity (Wildman–Crippen MR) is 77.2 cm³/mol. The molecule has 0 amide bonds. The highest BCUT2D eigenvalue weighted by molar-refractivity contribution is 5.74. The van der Waals surface area contributed by atoms with Gasteiger partial charge in [-0.25, -0.2) is 4.79 Å². The summed E-state index contributed by atoms with van der Waals surface area (Å²) in [6.45, 7) is 6.04. The molecule has 0 bridgehead atoms. The van der Waals surface area contributed by atoms with Gasteiger partial charge in [0.25, 0.3) is 0 Å². The van der Waals surface area contributed by atoms with E-state index in [0.29, 0.717) is 12.6 Å². The number of hydrogen-bond acceptors (Lipinski definition) is 6. The SMILES string of the molecule is COC(=O)C(C)Oc1cc(CNC(C)C)ccc1[N+](=O)[O-]. The standard InChI is InChI=1S/C14H20N2O5/c1-9(2)15-8-11-5-6-12(16(18)19)13(7-11)21-10(3)14(17)20-4/h5-7,9-10,15H,8H2,1-4H3. The first-order valence-electron chi connectivity index (χ1n) is 6.60. The number of benzene rings is 1. The first kappa shape index (κ1) is 16.9. The molecule has 7 heteroatoms. The number of esters is 1. The number of nitrogens with zero attached hydrogens (tertiary/aromatic N) is 1. The van der Waals surface area contributed by atoms with Crippen molar-refractivity contribution < 1.29 is 19.2 Å². The van der Waals surface area contributed by atoms with Gasteiger partial charge < -0.3 is 14.8 Å². The Morgan fingerprint density at radius 1 is 1.38 bits per heavy atom. The van der Waals surface area contributed by atoms with Gasteiger partial charge in [-0.05, 0) is 18.6 Å². The first-order valence-corrected chi connectivity index (χ1v) is 6.60. The number of nitro benzene ring substituents is 1. The third-order valence-corrected chi connectivity index (χ3v) is 2.77. The van der Waals surface area contributed by atoms with Crippen molar-refractivity contribution in [2.75, 3.05) is 7.11 Å². The van der Waals surface area contributed by atoms with E-state index >= 15 is 0 Å². The maximum Gasteiger partial charge on any atom is 0.346 e. The number of hydrogen-bond donors (Lipinski definition) is 1. The third-order valence-electron chi connectivity index (χ3n) is 2.77. The number of ether oxygens (including phenoxy) is 2. The molecule has 0 heterocycles. The second-order valence-corrected chi connectivity index (χ2v) is 4.88. The lowest BCUT2D eigenvalue weighted by Crippen LogP contribution is -2.25. The number of carbonyl (C=O) groups excluding carboxylic acids is 1.